The van der Waals surface area contributed by atoms with Crippen LogP contribution in [0, 0.1) is 46.3 Å². The Morgan fingerprint density at radius 1 is 0.723 bits per heavy atom. The smallest absolute Gasteiger partial charge is 0.0612 e. The Balaban J connectivity index is 1.07. The van der Waals surface area contributed by atoms with Crippen LogP contribution in [0.2, 0.25) is 0 Å². The molecule has 4 aliphatic carbocycles. The lowest BCUT2D eigenvalue weighted by atomic mass is 9.47. The molecule has 0 aliphatic heterocycles. The van der Waals surface area contributed by atoms with E-state index in [1.807, 2.05) is 0 Å². The van der Waals surface area contributed by atoms with Gasteiger partial charge in [0.05, 0.1) is 12.2 Å². The second-order valence-electron chi connectivity index (χ2n) is 18.5. The van der Waals surface area contributed by atoms with Gasteiger partial charge >= 0.3 is 0 Å². The van der Waals surface area contributed by atoms with Gasteiger partial charge in [-0.1, -0.05) is 150 Å². The molecule has 0 aromatic carbocycles. The lowest BCUT2D eigenvalue weighted by Crippen LogP contribution is -2.51. The predicted molar refractivity (Wildman–Crippen MR) is 204 cm³/mol. The topological polar surface area (TPSA) is 29.5 Å². The Bertz CT molecular complexity index is 892. The molecule has 4 rings (SSSR count). The van der Waals surface area contributed by atoms with Crippen LogP contribution in [0.25, 0.3) is 0 Å². The van der Waals surface area contributed by atoms with E-state index in [1.165, 1.54) is 154 Å². The quantitative estimate of drug-likeness (QED) is 0.0877. The second kappa shape index (κ2) is 19.9. The summed E-state index contributed by atoms with van der Waals surface area (Å²) in [6.45, 7) is 16.0. The van der Waals surface area contributed by atoms with E-state index in [9.17, 15) is 5.11 Å². The lowest BCUT2D eigenvalue weighted by molar-refractivity contribution is -0.0641. The number of fused-ring (bicyclic) bond motifs is 5. The fraction of sp³-hybridized carbons (Fsp3) is 0.956. The van der Waals surface area contributed by atoms with Crippen LogP contribution >= 0.6 is 0 Å². The SMILES string of the molecule is CCCCCCC(O)CCCCCCCCCCCO[C@H]1CC[C@@]2(C)C(=CC[C@H]3[C@@H]4CC[C@H]([C@H](C)CCCC(C)C)[C@@]4(C)CC[C@@H]32)C1. The van der Waals surface area contributed by atoms with Gasteiger partial charge in [-0.05, 0) is 117 Å². The molecule has 3 saturated carbocycles. The fourth-order valence-corrected chi connectivity index (χ4v) is 11.7. The summed E-state index contributed by atoms with van der Waals surface area (Å²) in [5, 5.41) is 10.2. The molecule has 0 spiro atoms. The van der Waals surface area contributed by atoms with E-state index in [-0.39, 0.29) is 6.10 Å². The molecule has 9 atom stereocenters. The van der Waals surface area contributed by atoms with Crippen LogP contribution in [-0.4, -0.2) is 23.9 Å². The van der Waals surface area contributed by atoms with E-state index < -0.39 is 0 Å². The largest absolute Gasteiger partial charge is 0.393 e. The first-order valence-corrected chi connectivity index (χ1v) is 21.7. The Hall–Kier alpha value is -0.340. The van der Waals surface area contributed by atoms with E-state index >= 15 is 0 Å². The van der Waals surface area contributed by atoms with Gasteiger partial charge in [0.25, 0.3) is 0 Å². The number of rotatable bonds is 23. The Morgan fingerprint density at radius 3 is 2.06 bits per heavy atom. The maximum atomic E-state index is 10.2. The summed E-state index contributed by atoms with van der Waals surface area (Å²) >= 11 is 0. The van der Waals surface area contributed by atoms with Gasteiger partial charge in [0, 0.05) is 6.61 Å². The van der Waals surface area contributed by atoms with Gasteiger partial charge < -0.3 is 9.84 Å². The van der Waals surface area contributed by atoms with E-state index in [0.29, 0.717) is 16.9 Å². The number of hydrogen-bond acceptors (Lipinski definition) is 2. The zero-order valence-electron chi connectivity index (χ0n) is 32.6. The lowest BCUT2D eigenvalue weighted by Gasteiger charge is -2.58. The van der Waals surface area contributed by atoms with Gasteiger partial charge in [-0.15, -0.1) is 0 Å². The van der Waals surface area contributed by atoms with Crippen LogP contribution in [0.1, 0.15) is 208 Å². The molecule has 0 aromatic heterocycles. The van der Waals surface area contributed by atoms with E-state index in [4.69, 9.17) is 4.74 Å². The fourth-order valence-electron chi connectivity index (χ4n) is 11.7. The van der Waals surface area contributed by atoms with Crippen LogP contribution in [0.4, 0.5) is 0 Å². The number of allylic oxidation sites excluding steroid dienone is 1. The van der Waals surface area contributed by atoms with Crippen molar-refractivity contribution >= 4 is 0 Å². The van der Waals surface area contributed by atoms with E-state index in [1.54, 1.807) is 5.57 Å². The molecule has 0 heterocycles. The maximum Gasteiger partial charge on any atom is 0.0612 e. The summed E-state index contributed by atoms with van der Waals surface area (Å²) in [5.74, 6) is 5.54. The van der Waals surface area contributed by atoms with Crippen molar-refractivity contribution in [3.05, 3.63) is 11.6 Å². The number of aliphatic hydroxyl groups excluding tert-OH is 1. The minimum atomic E-state index is -0.0503. The summed E-state index contributed by atoms with van der Waals surface area (Å²) in [5.41, 5.74) is 2.83. The number of ether oxygens (including phenoxy) is 1. The van der Waals surface area contributed by atoms with E-state index in [0.717, 1.165) is 55.0 Å². The molecule has 4 aliphatic rings. The molecule has 2 nitrogen and oxygen atoms in total. The third-order valence-corrected chi connectivity index (χ3v) is 14.7. The predicted octanol–water partition coefficient (Wildman–Crippen LogP) is 13.6. The molecule has 274 valence electrons. The van der Waals surface area contributed by atoms with Crippen molar-refractivity contribution in [1.82, 2.24) is 0 Å². The van der Waals surface area contributed by atoms with Crippen molar-refractivity contribution < 1.29 is 9.84 Å². The molecule has 3 fully saturated rings. The van der Waals surface area contributed by atoms with Crippen LogP contribution in [-0.2, 0) is 4.74 Å². The van der Waals surface area contributed by atoms with Gasteiger partial charge in [0.15, 0.2) is 0 Å². The minimum absolute atomic E-state index is 0.0503. The van der Waals surface area contributed by atoms with Gasteiger partial charge in [-0.2, -0.15) is 0 Å². The average Bonchev–Trinajstić information content (AvgIpc) is 3.40. The summed E-state index contributed by atoms with van der Waals surface area (Å²) in [6, 6.07) is 0. The highest BCUT2D eigenvalue weighted by Crippen LogP contribution is 2.67. The molecule has 1 N–H and O–H groups in total. The summed E-state index contributed by atoms with van der Waals surface area (Å²) in [4.78, 5) is 0. The number of aliphatic hydroxyl groups is 1. The third kappa shape index (κ3) is 11.1. The molecule has 47 heavy (non-hydrogen) atoms. The zero-order chi connectivity index (χ0) is 33.7. The monoisotopic (exact) mass is 655 g/mol. The molecular formula is C45H82O2. The van der Waals surface area contributed by atoms with Gasteiger partial charge in [0.1, 0.15) is 0 Å². The van der Waals surface area contributed by atoms with Crippen LogP contribution in [0.15, 0.2) is 11.6 Å². The Morgan fingerprint density at radius 2 is 1.38 bits per heavy atom. The molecule has 0 saturated heterocycles. The molecule has 2 heteroatoms. The molecule has 1 unspecified atom stereocenters. The van der Waals surface area contributed by atoms with Crippen molar-refractivity contribution in [3.63, 3.8) is 0 Å². The average molecular weight is 655 g/mol. The Kier molecular flexibility index (Phi) is 16.7. The van der Waals surface area contributed by atoms with Crippen molar-refractivity contribution in [2.45, 2.75) is 221 Å². The molecule has 0 bridgehead atoms. The zero-order valence-corrected chi connectivity index (χ0v) is 32.6. The van der Waals surface area contributed by atoms with Gasteiger partial charge in [0.2, 0.25) is 0 Å². The molecule has 0 amide bonds. The van der Waals surface area contributed by atoms with Gasteiger partial charge in [-0.25, -0.2) is 0 Å². The highest BCUT2D eigenvalue weighted by Gasteiger charge is 2.59. The molecule has 0 aromatic rings. The summed E-state index contributed by atoms with van der Waals surface area (Å²) in [7, 11) is 0. The standard InChI is InChI=1S/C45H82O2/c1-7-8-9-17-23-38(46)24-18-15-13-11-10-12-14-16-19-33-47-39-29-31-44(5)37(34-39)25-26-40-42-28-27-41(36(4)22-20-21-35(2)3)45(42,6)32-30-43(40)44/h25,35-36,38-43,46H,7-24,26-34H2,1-6H3/t36-,38?,39+,40+,41-,42+,43+,44+,45-/m1/s1. The molecule has 0 radical (unpaired) electrons. The van der Waals surface area contributed by atoms with Crippen molar-refractivity contribution in [1.29, 1.82) is 0 Å². The highest BCUT2D eigenvalue weighted by atomic mass is 16.5. The van der Waals surface area contributed by atoms with Crippen molar-refractivity contribution in [2.24, 2.45) is 46.3 Å². The second-order valence-corrected chi connectivity index (χ2v) is 18.5. The number of unbranched alkanes of at least 4 members (excludes halogenated alkanes) is 11. The van der Waals surface area contributed by atoms with Crippen molar-refractivity contribution in [2.75, 3.05) is 6.61 Å². The number of hydrogen-bond donors (Lipinski definition) is 1. The Labute approximate surface area is 294 Å². The maximum absolute atomic E-state index is 10.2. The van der Waals surface area contributed by atoms with Crippen LogP contribution < -0.4 is 0 Å². The van der Waals surface area contributed by atoms with Gasteiger partial charge in [-0.3, -0.25) is 0 Å². The first-order chi connectivity index (χ1) is 22.7. The third-order valence-electron chi connectivity index (χ3n) is 14.7. The van der Waals surface area contributed by atoms with Crippen LogP contribution in [0.5, 0.6) is 0 Å². The summed E-state index contributed by atoms with van der Waals surface area (Å²) < 4.78 is 6.55. The summed E-state index contributed by atoms with van der Waals surface area (Å²) in [6.07, 6.45) is 37.7. The van der Waals surface area contributed by atoms with Crippen molar-refractivity contribution in [3.8, 4) is 0 Å². The van der Waals surface area contributed by atoms with Crippen LogP contribution in [0.3, 0.4) is 0 Å². The first kappa shape index (κ1) is 39.4. The first-order valence-electron chi connectivity index (χ1n) is 21.7. The minimum Gasteiger partial charge on any atom is -0.393 e. The normalized spacial score (nSPS) is 33.3. The highest BCUT2D eigenvalue weighted by molar-refractivity contribution is 5.25. The molecular weight excluding hydrogens is 572 g/mol. The van der Waals surface area contributed by atoms with E-state index in [2.05, 4.69) is 47.6 Å².